The zero-order chi connectivity index (χ0) is 27.7. The van der Waals surface area contributed by atoms with Crippen molar-refractivity contribution >= 4 is 28.8 Å². The molecule has 2 aromatic rings. The Kier molecular flexibility index (Phi) is 7.91. The summed E-state index contributed by atoms with van der Waals surface area (Å²) >= 11 is 0. The van der Waals surface area contributed by atoms with E-state index in [1.807, 2.05) is 23.1 Å². The molecule has 12 heteroatoms. The number of nitrogens with zero attached hydrogens (tertiary/aromatic N) is 2. The van der Waals surface area contributed by atoms with Gasteiger partial charge in [0.25, 0.3) is 5.91 Å². The lowest BCUT2D eigenvalue weighted by Crippen LogP contribution is -2.56. The van der Waals surface area contributed by atoms with E-state index in [1.165, 1.54) is 12.8 Å². The predicted octanol–water partition coefficient (Wildman–Crippen LogP) is 3.53. The Morgan fingerprint density at radius 1 is 1.24 bits per heavy atom. The van der Waals surface area contributed by atoms with Gasteiger partial charge in [0.2, 0.25) is 5.91 Å². The van der Waals surface area contributed by atoms with Gasteiger partial charge in [0.1, 0.15) is 0 Å². The van der Waals surface area contributed by atoms with Crippen LogP contribution in [0, 0.1) is 11.8 Å². The first-order valence-corrected chi connectivity index (χ1v) is 12.7. The van der Waals surface area contributed by atoms with E-state index in [0.29, 0.717) is 36.1 Å². The number of aliphatic carboxylic acids is 1. The lowest BCUT2D eigenvalue weighted by Gasteiger charge is -2.42. The van der Waals surface area contributed by atoms with E-state index in [-0.39, 0.29) is 23.3 Å². The number of carbonyl (C=O) groups is 3. The number of benzene rings is 1. The van der Waals surface area contributed by atoms with Crippen molar-refractivity contribution in [2.45, 2.75) is 44.3 Å². The summed E-state index contributed by atoms with van der Waals surface area (Å²) in [5, 5.41) is 11.3. The number of piperidine rings is 1. The number of likely N-dealkylation sites (tertiary alicyclic amines) is 2. The Morgan fingerprint density at radius 3 is 2.53 bits per heavy atom. The molecule has 38 heavy (non-hydrogen) atoms. The van der Waals surface area contributed by atoms with Gasteiger partial charge in [0.15, 0.2) is 17.1 Å². The minimum atomic E-state index is -5.08. The first-order chi connectivity index (χ1) is 18.0. The lowest BCUT2D eigenvalue weighted by atomic mass is 9.75. The van der Waals surface area contributed by atoms with Crippen LogP contribution in [0.1, 0.15) is 43.2 Å². The second-order valence-corrected chi connectivity index (χ2v) is 10.1. The Bertz CT molecular complexity index is 1190. The van der Waals surface area contributed by atoms with Gasteiger partial charge in [-0.15, -0.1) is 0 Å². The van der Waals surface area contributed by atoms with Crippen LogP contribution in [0.25, 0.3) is 11.0 Å². The van der Waals surface area contributed by atoms with Gasteiger partial charge in [0, 0.05) is 43.0 Å². The molecule has 0 aliphatic carbocycles. The smallest absolute Gasteiger partial charge is 0.490 e. The minimum absolute atomic E-state index is 0.0926. The fourth-order valence-electron chi connectivity index (χ4n) is 5.77. The Labute approximate surface area is 217 Å². The summed E-state index contributed by atoms with van der Waals surface area (Å²) in [5.41, 5.74) is 0.433. The number of carboxylic acids is 1. The average molecular weight is 540 g/mol. The van der Waals surface area contributed by atoms with Crippen LogP contribution in [0.2, 0.25) is 0 Å². The highest BCUT2D eigenvalue weighted by atomic mass is 19.4. The highest BCUT2D eigenvalue weighted by molar-refractivity contribution is 5.97. The molecule has 1 spiro atoms. The number of ether oxygens (including phenoxy) is 1. The number of unbranched alkanes of at least 4 members (excludes halogenated alkanes) is 1. The molecule has 3 saturated heterocycles. The fourth-order valence-corrected chi connectivity index (χ4v) is 5.77. The maximum absolute atomic E-state index is 13.1. The van der Waals surface area contributed by atoms with E-state index in [4.69, 9.17) is 19.1 Å². The van der Waals surface area contributed by atoms with Crippen LogP contribution in [0.4, 0.5) is 13.2 Å². The maximum Gasteiger partial charge on any atom is 0.490 e. The number of halogens is 3. The normalized spacial score (nSPS) is 22.7. The molecule has 0 unspecified atom stereocenters. The molecule has 5 rings (SSSR count). The van der Waals surface area contributed by atoms with Gasteiger partial charge in [-0.3, -0.25) is 9.59 Å². The van der Waals surface area contributed by atoms with Crippen molar-refractivity contribution in [3.8, 4) is 5.75 Å². The number of nitrogens with one attached hydrogen (secondary N) is 1. The summed E-state index contributed by atoms with van der Waals surface area (Å²) in [4.78, 5) is 39.0. The molecule has 3 aliphatic rings. The number of alkyl halides is 3. The second-order valence-electron chi connectivity index (χ2n) is 10.1. The van der Waals surface area contributed by atoms with Crippen molar-refractivity contribution in [1.82, 2.24) is 15.1 Å². The van der Waals surface area contributed by atoms with Crippen LogP contribution < -0.4 is 10.1 Å². The fraction of sp³-hybridized carbons (Fsp3) is 0.577. The van der Waals surface area contributed by atoms with Crippen LogP contribution in [0.5, 0.6) is 5.75 Å². The minimum Gasteiger partial charge on any atom is -0.493 e. The molecule has 0 saturated carbocycles. The topological polar surface area (TPSA) is 112 Å². The molecular weight excluding hydrogens is 507 g/mol. The van der Waals surface area contributed by atoms with E-state index >= 15 is 0 Å². The van der Waals surface area contributed by atoms with E-state index in [0.717, 1.165) is 37.9 Å². The molecule has 4 heterocycles. The van der Waals surface area contributed by atoms with Gasteiger partial charge < -0.3 is 29.4 Å². The number of fused-ring (bicyclic) bond motifs is 3. The Morgan fingerprint density at radius 2 is 1.92 bits per heavy atom. The van der Waals surface area contributed by atoms with Crippen molar-refractivity contribution in [2.75, 3.05) is 39.8 Å². The standard InChI is InChI=1S/C24H31N3O4.C2HF3O2/c1-3-4-10-26-14-17-18(15-26)24(25-22(17)28)8-11-27(12-9-24)23(29)20-13-16-6-5-7-19(30-2)21(16)31-20;3-2(4,5)1(6)7/h5-7,13,17-18H,3-4,8-12,14-15H2,1-2H3,(H,25,28);(H,6,7)/t17-,18+;/m1./s1. The van der Waals surface area contributed by atoms with Crippen molar-refractivity contribution in [1.29, 1.82) is 0 Å². The number of methoxy groups -OCH3 is 1. The zero-order valence-corrected chi connectivity index (χ0v) is 21.3. The number of carboxylic acid groups (broad SMARTS) is 1. The van der Waals surface area contributed by atoms with Crippen LogP contribution >= 0.6 is 0 Å². The third-order valence-corrected chi connectivity index (χ3v) is 7.77. The quantitative estimate of drug-likeness (QED) is 0.598. The summed E-state index contributed by atoms with van der Waals surface area (Å²) in [5.74, 6) is -1.23. The first-order valence-electron chi connectivity index (χ1n) is 12.7. The van der Waals surface area contributed by atoms with Crippen LogP contribution in [-0.2, 0) is 9.59 Å². The van der Waals surface area contributed by atoms with Crippen molar-refractivity contribution in [3.63, 3.8) is 0 Å². The SMILES string of the molecule is CCCCN1C[C@H]2C(=O)NC3(CCN(C(=O)c4cc5cccc(OC)c5o4)CC3)[C@H]2C1.O=C(O)C(F)(F)F. The van der Waals surface area contributed by atoms with Crippen molar-refractivity contribution < 1.29 is 41.8 Å². The number of hydrogen-bond acceptors (Lipinski definition) is 6. The average Bonchev–Trinajstić information content (AvgIpc) is 3.57. The Hall–Kier alpha value is -3.28. The monoisotopic (exact) mass is 539 g/mol. The van der Waals surface area contributed by atoms with Crippen molar-refractivity contribution in [3.05, 3.63) is 30.0 Å². The van der Waals surface area contributed by atoms with Gasteiger partial charge in [-0.25, -0.2) is 4.79 Å². The van der Waals surface area contributed by atoms with Gasteiger partial charge in [0.05, 0.1) is 13.0 Å². The molecule has 1 aromatic carbocycles. The summed E-state index contributed by atoms with van der Waals surface area (Å²) < 4.78 is 43.0. The van der Waals surface area contributed by atoms with Crippen LogP contribution in [0.3, 0.4) is 0 Å². The van der Waals surface area contributed by atoms with Gasteiger partial charge in [-0.2, -0.15) is 13.2 Å². The molecule has 9 nitrogen and oxygen atoms in total. The largest absolute Gasteiger partial charge is 0.493 e. The molecule has 1 aromatic heterocycles. The molecule has 3 fully saturated rings. The molecule has 2 atom stereocenters. The Balaban J connectivity index is 0.000000426. The second kappa shape index (κ2) is 10.8. The first kappa shape index (κ1) is 27.7. The van der Waals surface area contributed by atoms with Gasteiger partial charge >= 0.3 is 12.1 Å². The van der Waals surface area contributed by atoms with E-state index in [2.05, 4.69) is 17.1 Å². The van der Waals surface area contributed by atoms with Crippen LogP contribution in [0.15, 0.2) is 28.7 Å². The number of hydrogen-bond donors (Lipinski definition) is 2. The van der Waals surface area contributed by atoms with E-state index < -0.39 is 12.1 Å². The summed E-state index contributed by atoms with van der Waals surface area (Å²) in [7, 11) is 1.60. The van der Waals surface area contributed by atoms with E-state index in [9.17, 15) is 22.8 Å². The number of amides is 2. The van der Waals surface area contributed by atoms with Crippen molar-refractivity contribution in [2.24, 2.45) is 11.8 Å². The van der Waals surface area contributed by atoms with Gasteiger partial charge in [-0.1, -0.05) is 25.5 Å². The number of rotatable bonds is 5. The summed E-state index contributed by atoms with van der Waals surface area (Å²) in [6.07, 6.45) is -1.12. The third kappa shape index (κ3) is 5.45. The molecule has 208 valence electrons. The number of furan rings is 1. The zero-order valence-electron chi connectivity index (χ0n) is 21.3. The number of para-hydroxylation sites is 1. The molecule has 2 amide bonds. The van der Waals surface area contributed by atoms with Gasteiger partial charge in [-0.05, 0) is 37.9 Å². The lowest BCUT2D eigenvalue weighted by molar-refractivity contribution is -0.192. The molecule has 2 N–H and O–H groups in total. The molecule has 3 aliphatic heterocycles. The highest BCUT2D eigenvalue weighted by Gasteiger charge is 2.57. The molecular formula is C26H32F3N3O6. The third-order valence-electron chi connectivity index (χ3n) is 7.77. The number of carbonyl (C=O) groups excluding carboxylic acids is 2. The predicted molar refractivity (Wildman–Crippen MR) is 131 cm³/mol. The van der Waals surface area contributed by atoms with E-state index in [1.54, 1.807) is 13.2 Å². The molecule has 0 bridgehead atoms. The van der Waals surface area contributed by atoms with Crippen LogP contribution in [-0.4, -0.2) is 84.2 Å². The molecule has 0 radical (unpaired) electrons. The summed E-state index contributed by atoms with van der Waals surface area (Å²) in [6, 6.07) is 7.43. The summed E-state index contributed by atoms with van der Waals surface area (Å²) in [6.45, 7) is 6.41. The highest BCUT2D eigenvalue weighted by Crippen LogP contribution is 2.44. The maximum atomic E-state index is 13.1.